The molecule has 1 unspecified atom stereocenters. The van der Waals surface area contributed by atoms with E-state index in [0.717, 1.165) is 22.5 Å². The molecule has 11 heteroatoms. The van der Waals surface area contributed by atoms with Crippen LogP contribution in [0.4, 0.5) is 17.2 Å². The van der Waals surface area contributed by atoms with Crippen LogP contribution in [0.15, 0.2) is 40.5 Å². The van der Waals surface area contributed by atoms with Gasteiger partial charge in [0.15, 0.2) is 5.82 Å². The van der Waals surface area contributed by atoms with Gasteiger partial charge in [0, 0.05) is 45.8 Å². The molecule has 0 aliphatic carbocycles. The van der Waals surface area contributed by atoms with Gasteiger partial charge in [-0.25, -0.2) is 19.9 Å². The molecule has 1 aliphatic heterocycles. The summed E-state index contributed by atoms with van der Waals surface area (Å²) in [5, 5.41) is 6.98. The molecular formula is C22H24N10O. The number of fused-ring (bicyclic) bond motifs is 2. The van der Waals surface area contributed by atoms with Gasteiger partial charge in [-0.3, -0.25) is 9.79 Å². The molecule has 0 saturated carbocycles. The molecule has 1 aliphatic rings. The topological polar surface area (TPSA) is 140 Å². The highest BCUT2D eigenvalue weighted by molar-refractivity contribution is 5.97. The highest BCUT2D eigenvalue weighted by Gasteiger charge is 2.33. The largest absolute Gasteiger partial charge is 0.377 e. The van der Waals surface area contributed by atoms with Crippen molar-refractivity contribution < 1.29 is 0 Å². The minimum absolute atomic E-state index is 0.0508. The van der Waals surface area contributed by atoms with Crippen molar-refractivity contribution in [3.05, 3.63) is 52.6 Å². The average Bonchev–Trinajstić information content (AvgIpc) is 3.22. The fourth-order valence-corrected chi connectivity index (χ4v) is 3.98. The van der Waals surface area contributed by atoms with Crippen molar-refractivity contribution in [3.8, 4) is 11.4 Å². The third-order valence-corrected chi connectivity index (χ3v) is 5.59. The molecule has 0 spiro atoms. The van der Waals surface area contributed by atoms with Gasteiger partial charge < -0.3 is 25.5 Å². The Morgan fingerprint density at radius 3 is 2.61 bits per heavy atom. The van der Waals surface area contributed by atoms with Gasteiger partial charge in [-0.05, 0) is 13.0 Å². The van der Waals surface area contributed by atoms with Gasteiger partial charge in [-0.1, -0.05) is 0 Å². The number of H-pyrrole nitrogens is 2. The molecule has 0 bridgehead atoms. The van der Waals surface area contributed by atoms with Crippen molar-refractivity contribution in [1.29, 1.82) is 0 Å². The van der Waals surface area contributed by atoms with Crippen molar-refractivity contribution in [2.24, 2.45) is 4.99 Å². The van der Waals surface area contributed by atoms with Crippen molar-refractivity contribution in [2.75, 3.05) is 36.7 Å². The quantitative estimate of drug-likeness (QED) is 0.351. The Morgan fingerprint density at radius 1 is 1.09 bits per heavy atom. The first-order valence-electron chi connectivity index (χ1n) is 10.5. The summed E-state index contributed by atoms with van der Waals surface area (Å²) >= 11 is 0. The van der Waals surface area contributed by atoms with Crippen molar-refractivity contribution in [1.82, 2.24) is 29.9 Å². The van der Waals surface area contributed by atoms with Crippen LogP contribution in [-0.4, -0.2) is 63.3 Å². The van der Waals surface area contributed by atoms with Crippen molar-refractivity contribution in [3.63, 3.8) is 0 Å². The number of aromatic nitrogens is 6. The summed E-state index contributed by atoms with van der Waals surface area (Å²) < 4.78 is 0. The highest BCUT2D eigenvalue weighted by atomic mass is 16.1. The molecule has 2 atom stereocenters. The van der Waals surface area contributed by atoms with Crippen LogP contribution in [0.3, 0.4) is 0 Å². The summed E-state index contributed by atoms with van der Waals surface area (Å²) in [5.74, 6) is 1.85. The number of rotatable bonds is 4. The lowest BCUT2D eigenvalue weighted by atomic mass is 10.0. The number of anilines is 3. The zero-order valence-corrected chi connectivity index (χ0v) is 18.7. The Balaban J connectivity index is 1.70. The number of imidazole rings is 1. The molecule has 4 aromatic rings. The lowest BCUT2D eigenvalue weighted by Crippen LogP contribution is -2.37. The van der Waals surface area contributed by atoms with E-state index in [9.17, 15) is 4.79 Å². The van der Waals surface area contributed by atoms with E-state index in [4.69, 9.17) is 4.98 Å². The first-order chi connectivity index (χ1) is 16.0. The van der Waals surface area contributed by atoms with E-state index >= 15 is 0 Å². The number of nitrogens with zero attached hydrogens (tertiary/aromatic N) is 6. The lowest BCUT2D eigenvalue weighted by molar-refractivity contribution is 0.612. The molecule has 0 radical (unpaired) electrons. The van der Waals surface area contributed by atoms with Crippen LogP contribution in [0.2, 0.25) is 0 Å². The van der Waals surface area contributed by atoms with E-state index in [1.54, 1.807) is 37.9 Å². The second kappa shape index (κ2) is 8.01. The number of aliphatic imine (C=N–C) groups is 1. The number of hydrogen-bond acceptors (Lipinski definition) is 9. The zero-order valence-electron chi connectivity index (χ0n) is 18.7. The number of nitrogens with one attached hydrogen (secondary N) is 4. The minimum atomic E-state index is -0.292. The molecule has 5 rings (SSSR count). The maximum absolute atomic E-state index is 13.3. The summed E-state index contributed by atoms with van der Waals surface area (Å²) in [6.45, 7) is 2.03. The first kappa shape index (κ1) is 20.6. The Labute approximate surface area is 189 Å². The van der Waals surface area contributed by atoms with E-state index < -0.39 is 0 Å². The predicted molar refractivity (Wildman–Crippen MR) is 129 cm³/mol. The minimum Gasteiger partial charge on any atom is -0.377 e. The van der Waals surface area contributed by atoms with Gasteiger partial charge in [0.25, 0.3) is 5.56 Å². The molecular weight excluding hydrogens is 420 g/mol. The van der Waals surface area contributed by atoms with E-state index in [2.05, 4.69) is 40.5 Å². The summed E-state index contributed by atoms with van der Waals surface area (Å²) in [4.78, 5) is 43.4. The fourth-order valence-electron chi connectivity index (χ4n) is 3.98. The van der Waals surface area contributed by atoms with E-state index in [1.807, 2.05) is 32.0 Å². The molecule has 4 N–H and O–H groups in total. The number of pyridine rings is 2. The van der Waals surface area contributed by atoms with Crippen LogP contribution in [0, 0.1) is 0 Å². The van der Waals surface area contributed by atoms with E-state index in [1.165, 1.54) is 0 Å². The predicted octanol–water partition coefficient (Wildman–Crippen LogP) is 2.19. The molecule has 168 valence electrons. The lowest BCUT2D eigenvalue weighted by Gasteiger charge is -2.34. The van der Waals surface area contributed by atoms with Gasteiger partial charge in [0.1, 0.15) is 23.2 Å². The molecule has 0 aromatic carbocycles. The second-order valence-corrected chi connectivity index (χ2v) is 8.08. The molecule has 0 fully saturated rings. The van der Waals surface area contributed by atoms with Gasteiger partial charge >= 0.3 is 0 Å². The summed E-state index contributed by atoms with van der Waals surface area (Å²) in [5.41, 5.74) is 3.49. The standard InChI is InChI=1S/C22H24N10O/c1-11-17(21-24-6-5-7-25-21)31-19-16(22(33)30-14(9-23-2)18(19)27-11)20-28-12-8-15(32(3)4)26-10-13(12)29-20/h5-11,17,27,31H,1-4H3,(H,28,29)(H,30,33)/t11?,17-/m0/s1. The summed E-state index contributed by atoms with van der Waals surface area (Å²) in [7, 11) is 5.49. The maximum Gasteiger partial charge on any atom is 0.261 e. The van der Waals surface area contributed by atoms with Crippen molar-refractivity contribution >= 4 is 34.4 Å². The number of hydrogen-bond donors (Lipinski definition) is 4. The molecule has 33 heavy (non-hydrogen) atoms. The molecule has 5 heterocycles. The van der Waals surface area contributed by atoms with E-state index in [-0.39, 0.29) is 17.6 Å². The Morgan fingerprint density at radius 2 is 1.88 bits per heavy atom. The smallest absolute Gasteiger partial charge is 0.261 e. The molecule has 0 saturated heterocycles. The summed E-state index contributed by atoms with van der Waals surface area (Å²) in [6.07, 6.45) is 6.74. The summed E-state index contributed by atoms with van der Waals surface area (Å²) in [6, 6.07) is 3.35. The van der Waals surface area contributed by atoms with Crippen molar-refractivity contribution in [2.45, 2.75) is 19.0 Å². The van der Waals surface area contributed by atoms with Crippen LogP contribution in [0.1, 0.15) is 24.5 Å². The van der Waals surface area contributed by atoms with Gasteiger partial charge in [0.2, 0.25) is 0 Å². The van der Waals surface area contributed by atoms with Crippen LogP contribution < -0.4 is 21.1 Å². The third-order valence-electron chi connectivity index (χ3n) is 5.59. The molecule has 0 amide bonds. The average molecular weight is 445 g/mol. The number of aromatic amines is 2. The Hall–Kier alpha value is -4.28. The SMILES string of the molecule is CN=Cc1[nH]c(=O)c(-c2nc3cc(N(C)C)ncc3[nH]2)c2c1NC(C)[C@@H](c1ncccn1)N2. The van der Waals surface area contributed by atoms with Crippen LogP contribution >= 0.6 is 0 Å². The van der Waals surface area contributed by atoms with Crippen LogP contribution in [0.25, 0.3) is 22.4 Å². The Bertz CT molecular complexity index is 1410. The first-order valence-corrected chi connectivity index (χ1v) is 10.5. The van der Waals surface area contributed by atoms with E-state index in [0.29, 0.717) is 28.6 Å². The molecule has 11 nitrogen and oxygen atoms in total. The van der Waals surface area contributed by atoms with Gasteiger partial charge in [-0.15, -0.1) is 0 Å². The van der Waals surface area contributed by atoms with Crippen LogP contribution in [-0.2, 0) is 0 Å². The third kappa shape index (κ3) is 3.56. The van der Waals surface area contributed by atoms with Crippen LogP contribution in [0.5, 0.6) is 0 Å². The Kier molecular flexibility index (Phi) is 5.00. The van der Waals surface area contributed by atoms with Gasteiger partial charge in [-0.2, -0.15) is 0 Å². The maximum atomic E-state index is 13.3. The second-order valence-electron chi connectivity index (χ2n) is 8.08. The molecule has 4 aromatic heterocycles. The monoisotopic (exact) mass is 444 g/mol. The van der Waals surface area contributed by atoms with Gasteiger partial charge in [0.05, 0.1) is 40.3 Å². The zero-order chi connectivity index (χ0) is 23.1. The normalized spacial score (nSPS) is 17.6. The fraction of sp³-hybridized carbons (Fsp3) is 0.273. The highest BCUT2D eigenvalue weighted by Crippen LogP contribution is 2.40.